The molecule has 1 saturated heterocycles. The van der Waals surface area contributed by atoms with Gasteiger partial charge >= 0.3 is 0 Å². The molecule has 2 atom stereocenters. The van der Waals surface area contributed by atoms with Crippen LogP contribution in [0.5, 0.6) is 11.5 Å². The molecular formula is C21H21Cl2NO5. The Morgan fingerprint density at radius 1 is 1.17 bits per heavy atom. The van der Waals surface area contributed by atoms with Crippen LogP contribution in [0.3, 0.4) is 0 Å². The molecule has 0 saturated carbocycles. The summed E-state index contributed by atoms with van der Waals surface area (Å²) in [5.41, 5.74) is 0.492. The van der Waals surface area contributed by atoms with Crippen molar-refractivity contribution in [3.63, 3.8) is 0 Å². The minimum absolute atomic E-state index is 0. The van der Waals surface area contributed by atoms with Gasteiger partial charge in [0, 0.05) is 35.7 Å². The molecule has 29 heavy (non-hydrogen) atoms. The van der Waals surface area contributed by atoms with E-state index in [2.05, 4.69) is 0 Å². The molecule has 2 heterocycles. The maximum absolute atomic E-state index is 12.8. The zero-order valence-electron chi connectivity index (χ0n) is 15.6. The van der Waals surface area contributed by atoms with Crippen molar-refractivity contribution < 1.29 is 19.7 Å². The first-order valence-electron chi connectivity index (χ1n) is 9.01. The molecule has 1 fully saturated rings. The number of aromatic hydroxyl groups is 2. The number of phenols is 2. The van der Waals surface area contributed by atoms with E-state index in [1.807, 2.05) is 11.9 Å². The summed E-state index contributed by atoms with van der Waals surface area (Å²) in [5, 5.41) is 31.8. The summed E-state index contributed by atoms with van der Waals surface area (Å²) < 4.78 is 6.00. The lowest BCUT2D eigenvalue weighted by atomic mass is 9.85. The van der Waals surface area contributed by atoms with Gasteiger partial charge in [-0.2, -0.15) is 0 Å². The van der Waals surface area contributed by atoms with Gasteiger partial charge in [0.1, 0.15) is 28.2 Å². The summed E-state index contributed by atoms with van der Waals surface area (Å²) in [6, 6.07) is 9.35. The molecule has 3 N–H and O–H groups in total. The maximum Gasteiger partial charge on any atom is 0.197 e. The van der Waals surface area contributed by atoms with E-state index in [-0.39, 0.29) is 40.6 Å². The van der Waals surface area contributed by atoms with E-state index in [4.69, 9.17) is 16.0 Å². The number of likely N-dealkylation sites (tertiary alicyclic amines) is 1. The zero-order chi connectivity index (χ0) is 20.0. The molecule has 3 aromatic rings. The molecule has 0 aliphatic carbocycles. The summed E-state index contributed by atoms with van der Waals surface area (Å²) >= 11 is 6.25. The number of hydrogen-bond acceptors (Lipinski definition) is 6. The second kappa shape index (κ2) is 8.24. The smallest absolute Gasteiger partial charge is 0.197 e. The highest BCUT2D eigenvalue weighted by molar-refractivity contribution is 6.33. The molecule has 0 bridgehead atoms. The Bertz CT molecular complexity index is 1110. The first-order chi connectivity index (χ1) is 13.4. The number of aliphatic hydroxyl groups is 1. The molecule has 154 valence electrons. The minimum atomic E-state index is -0.744. The molecule has 1 aliphatic rings. The van der Waals surface area contributed by atoms with Crippen LogP contribution in [0.15, 0.2) is 45.6 Å². The Morgan fingerprint density at radius 2 is 1.90 bits per heavy atom. The van der Waals surface area contributed by atoms with E-state index >= 15 is 0 Å². The van der Waals surface area contributed by atoms with E-state index < -0.39 is 17.5 Å². The summed E-state index contributed by atoms with van der Waals surface area (Å²) in [6.07, 6.45) is -0.169. The van der Waals surface area contributed by atoms with Gasteiger partial charge in [-0.1, -0.05) is 23.7 Å². The predicted molar refractivity (Wildman–Crippen MR) is 114 cm³/mol. The SMILES string of the molecule is CN1CC[C@H](c2c(O)cc(O)c3c(=O)cc(-c4ccccc4Cl)oc23)C(O)C1.Cl. The standard InChI is InChI=1S/C21H20ClNO5.ClH/c1-23-7-6-12(17(27)10-23)19-14(24)8-15(25)20-16(26)9-18(28-21(19)20)11-4-2-3-5-13(11)22;/h2-5,8-9,12,17,24-25,27H,6-7,10H2,1H3;1H/t12-,17?;/m0./s1. The van der Waals surface area contributed by atoms with Crippen molar-refractivity contribution in [1.82, 2.24) is 4.90 Å². The van der Waals surface area contributed by atoms with Gasteiger partial charge in [0.15, 0.2) is 5.43 Å². The number of nitrogens with zero attached hydrogens (tertiary/aromatic N) is 1. The Kier molecular flexibility index (Phi) is 6.10. The molecule has 8 heteroatoms. The largest absolute Gasteiger partial charge is 0.507 e. The van der Waals surface area contributed by atoms with Crippen molar-refractivity contribution in [3.05, 3.63) is 57.2 Å². The number of fused-ring (bicyclic) bond motifs is 1. The van der Waals surface area contributed by atoms with Crippen molar-refractivity contribution in [3.8, 4) is 22.8 Å². The number of piperidine rings is 1. The zero-order valence-corrected chi connectivity index (χ0v) is 17.2. The topological polar surface area (TPSA) is 94.1 Å². The minimum Gasteiger partial charge on any atom is -0.507 e. The van der Waals surface area contributed by atoms with Crippen molar-refractivity contribution in [2.24, 2.45) is 0 Å². The van der Waals surface area contributed by atoms with Gasteiger partial charge in [-0.3, -0.25) is 4.79 Å². The second-order valence-electron chi connectivity index (χ2n) is 7.21. The monoisotopic (exact) mass is 437 g/mol. The van der Waals surface area contributed by atoms with Gasteiger partial charge in [-0.25, -0.2) is 0 Å². The van der Waals surface area contributed by atoms with Crippen LogP contribution in [0.4, 0.5) is 0 Å². The molecular weight excluding hydrogens is 417 g/mol. The number of benzene rings is 2. The van der Waals surface area contributed by atoms with Gasteiger partial charge in [0.05, 0.1) is 11.1 Å². The van der Waals surface area contributed by atoms with E-state index in [9.17, 15) is 20.1 Å². The number of phenolic OH excluding ortho intramolecular Hbond substituents is 2. The lowest BCUT2D eigenvalue weighted by molar-refractivity contribution is 0.0630. The third kappa shape index (κ3) is 3.81. The molecule has 1 aromatic heterocycles. The summed E-state index contributed by atoms with van der Waals surface area (Å²) in [7, 11) is 1.91. The highest BCUT2D eigenvalue weighted by Gasteiger charge is 2.33. The Labute approximate surface area is 178 Å². The Hall–Kier alpha value is -2.25. The van der Waals surface area contributed by atoms with Crippen LogP contribution in [-0.2, 0) is 0 Å². The van der Waals surface area contributed by atoms with Crippen LogP contribution in [0.2, 0.25) is 5.02 Å². The fraction of sp³-hybridized carbons (Fsp3) is 0.286. The van der Waals surface area contributed by atoms with Crippen LogP contribution in [-0.4, -0.2) is 46.5 Å². The Balaban J connectivity index is 0.00000240. The maximum atomic E-state index is 12.8. The van der Waals surface area contributed by atoms with Crippen LogP contribution in [0.25, 0.3) is 22.3 Å². The van der Waals surface area contributed by atoms with Gasteiger partial charge in [0.25, 0.3) is 0 Å². The summed E-state index contributed by atoms with van der Waals surface area (Å²) in [5.74, 6) is -0.767. The lowest BCUT2D eigenvalue weighted by Crippen LogP contribution is -2.40. The number of hydrogen-bond donors (Lipinski definition) is 3. The fourth-order valence-electron chi connectivity index (χ4n) is 3.90. The molecule has 1 aliphatic heterocycles. The highest BCUT2D eigenvalue weighted by Crippen LogP contribution is 2.42. The quantitative estimate of drug-likeness (QED) is 0.565. The number of halogens is 2. The molecule has 0 radical (unpaired) electrons. The average Bonchev–Trinajstić information content (AvgIpc) is 2.63. The third-order valence-electron chi connectivity index (χ3n) is 5.29. The Morgan fingerprint density at radius 3 is 2.59 bits per heavy atom. The van der Waals surface area contributed by atoms with Gasteiger partial charge in [-0.05, 0) is 32.1 Å². The number of likely N-dealkylation sites (N-methyl/N-ethyl adjacent to an activating group) is 1. The molecule has 2 aromatic carbocycles. The summed E-state index contributed by atoms with van der Waals surface area (Å²) in [4.78, 5) is 14.8. The van der Waals surface area contributed by atoms with E-state index in [0.29, 0.717) is 29.1 Å². The molecule has 0 spiro atoms. The van der Waals surface area contributed by atoms with Crippen molar-refractivity contribution in [1.29, 1.82) is 0 Å². The average molecular weight is 438 g/mol. The molecule has 4 rings (SSSR count). The van der Waals surface area contributed by atoms with E-state index in [1.54, 1.807) is 24.3 Å². The van der Waals surface area contributed by atoms with Gasteiger partial charge < -0.3 is 24.6 Å². The van der Waals surface area contributed by atoms with Crippen LogP contribution in [0, 0.1) is 0 Å². The van der Waals surface area contributed by atoms with Gasteiger partial charge in [0.2, 0.25) is 0 Å². The van der Waals surface area contributed by atoms with Crippen LogP contribution >= 0.6 is 24.0 Å². The van der Waals surface area contributed by atoms with E-state index in [0.717, 1.165) is 12.6 Å². The van der Waals surface area contributed by atoms with Crippen molar-refractivity contribution in [2.45, 2.75) is 18.4 Å². The second-order valence-corrected chi connectivity index (χ2v) is 7.62. The first kappa shape index (κ1) is 21.5. The number of rotatable bonds is 2. The third-order valence-corrected chi connectivity index (χ3v) is 5.62. The van der Waals surface area contributed by atoms with Gasteiger partial charge in [-0.15, -0.1) is 12.4 Å². The van der Waals surface area contributed by atoms with Crippen LogP contribution < -0.4 is 5.43 Å². The first-order valence-corrected chi connectivity index (χ1v) is 9.38. The van der Waals surface area contributed by atoms with Crippen LogP contribution in [0.1, 0.15) is 17.9 Å². The molecule has 0 amide bonds. The molecule has 6 nitrogen and oxygen atoms in total. The lowest BCUT2D eigenvalue weighted by Gasteiger charge is -2.34. The van der Waals surface area contributed by atoms with Crippen molar-refractivity contribution >= 4 is 35.0 Å². The van der Waals surface area contributed by atoms with E-state index in [1.165, 1.54) is 6.07 Å². The predicted octanol–water partition coefficient (Wildman–Crippen LogP) is 3.73. The summed E-state index contributed by atoms with van der Waals surface area (Å²) in [6.45, 7) is 1.15. The fourth-order valence-corrected chi connectivity index (χ4v) is 4.13. The number of aliphatic hydroxyl groups excluding tert-OH is 1. The highest BCUT2D eigenvalue weighted by atomic mass is 35.5. The number of β-amino-alcohol motifs (C(OH)–C–C–N with tert-alkyl or cyclic N) is 1. The van der Waals surface area contributed by atoms with Crippen molar-refractivity contribution in [2.75, 3.05) is 20.1 Å². The molecule has 1 unspecified atom stereocenters. The normalized spacial score (nSPS) is 19.8.